The quantitative estimate of drug-likeness (QED) is 0.375. The lowest BCUT2D eigenvalue weighted by atomic mass is 10.1. The van der Waals surface area contributed by atoms with Gasteiger partial charge in [0, 0.05) is 32.4 Å². The number of nitrogens with two attached hydrogens (primary N) is 1. The zero-order valence-corrected chi connectivity index (χ0v) is 13.1. The van der Waals surface area contributed by atoms with Crippen LogP contribution in [0.4, 0.5) is 5.82 Å². The lowest BCUT2D eigenvalue weighted by Gasteiger charge is -2.39. The summed E-state index contributed by atoms with van der Waals surface area (Å²) in [6.45, 7) is 5.55. The molecular weight excluding hydrogens is 322 g/mol. The molecule has 0 radical (unpaired) electrons. The standard InChI is InChI=1S/C13H20BrN5O/c1-2-11(12(15)17-20)18-6-8-19(9-7-18)13-10(14)4-3-5-16-13/h3-5,11,20H,2,6-9H2,1H3,(H2,15,17). The minimum atomic E-state index is 0.00863. The summed E-state index contributed by atoms with van der Waals surface area (Å²) in [4.78, 5) is 8.92. The van der Waals surface area contributed by atoms with E-state index < -0.39 is 0 Å². The highest BCUT2D eigenvalue weighted by Crippen LogP contribution is 2.24. The fourth-order valence-corrected chi connectivity index (χ4v) is 3.08. The number of anilines is 1. The van der Waals surface area contributed by atoms with E-state index in [4.69, 9.17) is 10.9 Å². The van der Waals surface area contributed by atoms with E-state index in [1.807, 2.05) is 19.1 Å². The van der Waals surface area contributed by atoms with Gasteiger partial charge in [0.1, 0.15) is 5.82 Å². The van der Waals surface area contributed by atoms with Crippen LogP contribution in [0.5, 0.6) is 0 Å². The zero-order chi connectivity index (χ0) is 14.5. The van der Waals surface area contributed by atoms with Crippen LogP contribution >= 0.6 is 15.9 Å². The Morgan fingerprint density at radius 3 is 2.75 bits per heavy atom. The topological polar surface area (TPSA) is 78.0 Å². The van der Waals surface area contributed by atoms with Gasteiger partial charge < -0.3 is 15.8 Å². The number of hydrogen-bond donors (Lipinski definition) is 2. The molecule has 1 aromatic heterocycles. The summed E-state index contributed by atoms with van der Waals surface area (Å²) >= 11 is 3.53. The molecule has 0 amide bonds. The first-order chi connectivity index (χ1) is 9.67. The van der Waals surface area contributed by atoms with Gasteiger partial charge in [-0.2, -0.15) is 0 Å². The maximum absolute atomic E-state index is 8.84. The normalized spacial score (nSPS) is 19.1. The first-order valence-corrected chi connectivity index (χ1v) is 7.53. The van der Waals surface area contributed by atoms with E-state index >= 15 is 0 Å². The molecule has 1 unspecified atom stereocenters. The number of oxime groups is 1. The van der Waals surface area contributed by atoms with Crippen LogP contribution in [0.15, 0.2) is 28.0 Å². The van der Waals surface area contributed by atoms with Crippen molar-refractivity contribution in [1.29, 1.82) is 0 Å². The Bertz CT molecular complexity index is 474. The van der Waals surface area contributed by atoms with Crippen molar-refractivity contribution in [3.05, 3.63) is 22.8 Å². The Kier molecular flexibility index (Phi) is 5.19. The number of piperazine rings is 1. The fourth-order valence-electron chi connectivity index (χ4n) is 2.58. The van der Waals surface area contributed by atoms with E-state index in [-0.39, 0.29) is 6.04 Å². The third-order valence-corrected chi connectivity index (χ3v) is 4.26. The predicted molar refractivity (Wildman–Crippen MR) is 83.2 cm³/mol. The van der Waals surface area contributed by atoms with Crippen molar-refractivity contribution < 1.29 is 5.21 Å². The van der Waals surface area contributed by atoms with Crippen LogP contribution in [-0.4, -0.2) is 53.1 Å². The SMILES string of the molecule is CCC(C(N)=NO)N1CCN(c2ncccc2Br)CC1. The summed E-state index contributed by atoms with van der Waals surface area (Å²) in [5.74, 6) is 1.27. The van der Waals surface area contributed by atoms with Crippen molar-refractivity contribution in [3.63, 3.8) is 0 Å². The molecule has 0 spiro atoms. The summed E-state index contributed by atoms with van der Waals surface area (Å²) < 4.78 is 1.01. The van der Waals surface area contributed by atoms with Crippen molar-refractivity contribution in [2.75, 3.05) is 31.1 Å². The molecule has 1 aliphatic rings. The van der Waals surface area contributed by atoms with Crippen LogP contribution in [0.2, 0.25) is 0 Å². The van der Waals surface area contributed by atoms with E-state index in [1.165, 1.54) is 0 Å². The summed E-state index contributed by atoms with van der Waals surface area (Å²) in [5, 5.41) is 12.0. The molecule has 1 atom stereocenters. The van der Waals surface area contributed by atoms with E-state index in [9.17, 15) is 0 Å². The third kappa shape index (κ3) is 3.21. The number of halogens is 1. The molecule has 0 saturated carbocycles. The molecule has 110 valence electrons. The average Bonchev–Trinajstić information content (AvgIpc) is 2.49. The Labute approximate surface area is 127 Å². The van der Waals surface area contributed by atoms with E-state index in [0.717, 1.165) is 42.9 Å². The number of pyridine rings is 1. The molecule has 1 aromatic rings. The fraction of sp³-hybridized carbons (Fsp3) is 0.538. The van der Waals surface area contributed by atoms with Crippen molar-refractivity contribution in [3.8, 4) is 0 Å². The second-order valence-electron chi connectivity index (χ2n) is 4.78. The smallest absolute Gasteiger partial charge is 0.156 e. The second kappa shape index (κ2) is 6.90. The van der Waals surface area contributed by atoms with Crippen LogP contribution in [0.1, 0.15) is 13.3 Å². The van der Waals surface area contributed by atoms with Crippen LogP contribution in [0.3, 0.4) is 0 Å². The number of hydrogen-bond acceptors (Lipinski definition) is 5. The first kappa shape index (κ1) is 15.1. The van der Waals surface area contributed by atoms with Gasteiger partial charge in [0.25, 0.3) is 0 Å². The van der Waals surface area contributed by atoms with Gasteiger partial charge in [-0.1, -0.05) is 12.1 Å². The molecule has 0 aromatic carbocycles. The highest BCUT2D eigenvalue weighted by atomic mass is 79.9. The van der Waals surface area contributed by atoms with E-state index in [2.05, 4.69) is 35.9 Å². The summed E-state index contributed by atoms with van der Waals surface area (Å²) in [6.07, 6.45) is 2.64. The lowest BCUT2D eigenvalue weighted by Crippen LogP contribution is -2.54. The number of amidine groups is 1. The molecule has 7 heteroatoms. The lowest BCUT2D eigenvalue weighted by molar-refractivity contribution is 0.215. The first-order valence-electron chi connectivity index (χ1n) is 6.74. The van der Waals surface area contributed by atoms with Crippen LogP contribution in [-0.2, 0) is 0 Å². The maximum atomic E-state index is 8.84. The largest absolute Gasteiger partial charge is 0.409 e. The molecule has 20 heavy (non-hydrogen) atoms. The minimum absolute atomic E-state index is 0.00863. The van der Waals surface area contributed by atoms with Crippen LogP contribution < -0.4 is 10.6 Å². The van der Waals surface area contributed by atoms with Gasteiger partial charge in [-0.05, 0) is 34.5 Å². The predicted octanol–water partition coefficient (Wildman–Crippen LogP) is 1.49. The van der Waals surface area contributed by atoms with Gasteiger partial charge in [-0.25, -0.2) is 4.98 Å². The molecule has 0 aliphatic carbocycles. The van der Waals surface area contributed by atoms with Gasteiger partial charge in [0.2, 0.25) is 0 Å². The Hall–Kier alpha value is -1.34. The Morgan fingerprint density at radius 2 is 2.20 bits per heavy atom. The molecule has 1 aliphatic heterocycles. The minimum Gasteiger partial charge on any atom is -0.409 e. The molecule has 3 N–H and O–H groups in total. The number of nitrogens with zero attached hydrogens (tertiary/aromatic N) is 4. The Morgan fingerprint density at radius 1 is 1.50 bits per heavy atom. The molecule has 1 saturated heterocycles. The van der Waals surface area contributed by atoms with E-state index in [0.29, 0.717) is 5.84 Å². The molecular formula is C13H20BrN5O. The summed E-state index contributed by atoms with van der Waals surface area (Å²) in [6, 6.07) is 3.92. The monoisotopic (exact) mass is 341 g/mol. The average molecular weight is 342 g/mol. The van der Waals surface area contributed by atoms with Crippen LogP contribution in [0, 0.1) is 0 Å². The zero-order valence-electron chi connectivity index (χ0n) is 11.5. The van der Waals surface area contributed by atoms with E-state index in [1.54, 1.807) is 6.20 Å². The van der Waals surface area contributed by atoms with Gasteiger partial charge in [0.05, 0.1) is 10.5 Å². The maximum Gasteiger partial charge on any atom is 0.156 e. The van der Waals surface area contributed by atoms with Gasteiger partial charge >= 0.3 is 0 Å². The molecule has 2 heterocycles. The highest BCUT2D eigenvalue weighted by molar-refractivity contribution is 9.10. The van der Waals surface area contributed by atoms with Crippen molar-refractivity contribution in [2.45, 2.75) is 19.4 Å². The summed E-state index contributed by atoms with van der Waals surface area (Å²) in [5.41, 5.74) is 5.75. The van der Waals surface area contributed by atoms with Gasteiger partial charge in [0.15, 0.2) is 5.84 Å². The molecule has 1 fully saturated rings. The van der Waals surface area contributed by atoms with Crippen molar-refractivity contribution in [2.24, 2.45) is 10.9 Å². The van der Waals surface area contributed by atoms with Crippen LogP contribution in [0.25, 0.3) is 0 Å². The van der Waals surface area contributed by atoms with Crippen molar-refractivity contribution in [1.82, 2.24) is 9.88 Å². The number of rotatable bonds is 4. The third-order valence-electron chi connectivity index (χ3n) is 3.64. The molecule has 0 bridgehead atoms. The highest BCUT2D eigenvalue weighted by Gasteiger charge is 2.26. The molecule has 2 rings (SSSR count). The summed E-state index contributed by atoms with van der Waals surface area (Å²) in [7, 11) is 0. The van der Waals surface area contributed by atoms with Crippen molar-refractivity contribution >= 4 is 27.6 Å². The van der Waals surface area contributed by atoms with Gasteiger partial charge in [-0.15, -0.1) is 0 Å². The van der Waals surface area contributed by atoms with Gasteiger partial charge in [-0.3, -0.25) is 4.90 Å². The Balaban J connectivity index is 2.00. The molecule has 6 nitrogen and oxygen atoms in total. The second-order valence-corrected chi connectivity index (χ2v) is 5.64. The number of aromatic nitrogens is 1.